The fraction of sp³-hybridized carbons (Fsp3) is 0.286. The molecule has 160 valence electrons. The first-order chi connectivity index (χ1) is 14.2. The summed E-state index contributed by atoms with van der Waals surface area (Å²) in [6, 6.07) is 9.31. The molecule has 0 atom stereocenters. The Bertz CT molecular complexity index is 1070. The van der Waals surface area contributed by atoms with Crippen LogP contribution in [0.15, 0.2) is 45.8 Å². The van der Waals surface area contributed by atoms with Crippen molar-refractivity contribution >= 4 is 37.6 Å². The van der Waals surface area contributed by atoms with Crippen molar-refractivity contribution in [3.8, 4) is 17.6 Å². The Kier molecular flexibility index (Phi) is 8.29. The smallest absolute Gasteiger partial charge is 0.340 e. The van der Waals surface area contributed by atoms with E-state index in [1.165, 1.54) is 32.4 Å². The highest BCUT2D eigenvalue weighted by Gasteiger charge is 2.27. The quantitative estimate of drug-likeness (QED) is 0.470. The van der Waals surface area contributed by atoms with E-state index in [2.05, 4.69) is 33.1 Å². The number of benzene rings is 2. The van der Waals surface area contributed by atoms with Crippen LogP contribution in [0.1, 0.15) is 15.9 Å². The monoisotopic (exact) mass is 494 g/mol. The first-order valence-electron chi connectivity index (χ1n) is 8.93. The summed E-state index contributed by atoms with van der Waals surface area (Å²) in [4.78, 5) is 12.3. The van der Waals surface area contributed by atoms with E-state index in [1.807, 2.05) is 0 Å². The van der Waals surface area contributed by atoms with Crippen molar-refractivity contribution < 1.29 is 22.7 Å². The van der Waals surface area contributed by atoms with Crippen molar-refractivity contribution in [3.63, 3.8) is 0 Å². The molecule has 0 unspecified atom stereocenters. The second-order valence-corrected chi connectivity index (χ2v) is 9.11. The van der Waals surface area contributed by atoms with Gasteiger partial charge in [-0.25, -0.2) is 13.2 Å². The van der Waals surface area contributed by atoms with Gasteiger partial charge < -0.3 is 14.8 Å². The van der Waals surface area contributed by atoms with Gasteiger partial charge in [-0.3, -0.25) is 4.31 Å². The minimum absolute atomic E-state index is 0.0664. The highest BCUT2D eigenvalue weighted by molar-refractivity contribution is 9.10. The topological polar surface area (TPSA) is 84.9 Å². The molecule has 0 bridgehead atoms. The summed E-state index contributed by atoms with van der Waals surface area (Å²) in [7, 11) is 0.530. The number of esters is 1. The van der Waals surface area contributed by atoms with Crippen molar-refractivity contribution in [1.29, 1.82) is 0 Å². The second kappa shape index (κ2) is 10.5. The molecule has 7 nitrogen and oxygen atoms in total. The van der Waals surface area contributed by atoms with Crippen LogP contribution < -0.4 is 14.4 Å². The van der Waals surface area contributed by atoms with Crippen LogP contribution in [0.25, 0.3) is 0 Å². The Morgan fingerprint density at radius 2 is 1.87 bits per heavy atom. The van der Waals surface area contributed by atoms with Crippen LogP contribution in [-0.4, -0.2) is 48.7 Å². The fourth-order valence-corrected chi connectivity index (χ4v) is 4.58. The summed E-state index contributed by atoms with van der Waals surface area (Å²) in [6.45, 7) is 2.49. The van der Waals surface area contributed by atoms with Crippen LogP contribution in [0, 0.1) is 18.8 Å². The fourth-order valence-electron chi connectivity index (χ4n) is 2.73. The van der Waals surface area contributed by atoms with E-state index in [1.54, 1.807) is 32.2 Å². The zero-order valence-corrected chi connectivity index (χ0v) is 19.6. The maximum Gasteiger partial charge on any atom is 0.340 e. The summed E-state index contributed by atoms with van der Waals surface area (Å²) >= 11 is 3.33. The van der Waals surface area contributed by atoms with Crippen molar-refractivity contribution in [2.45, 2.75) is 11.8 Å². The maximum absolute atomic E-state index is 13.2. The van der Waals surface area contributed by atoms with Gasteiger partial charge in [0.25, 0.3) is 10.0 Å². The van der Waals surface area contributed by atoms with Crippen LogP contribution in [-0.2, 0) is 14.8 Å². The van der Waals surface area contributed by atoms with Gasteiger partial charge in [-0.1, -0.05) is 27.8 Å². The molecule has 0 aliphatic carbocycles. The lowest BCUT2D eigenvalue weighted by Gasteiger charge is -2.24. The Labute approximate surface area is 185 Å². The van der Waals surface area contributed by atoms with Gasteiger partial charge >= 0.3 is 5.97 Å². The predicted octanol–water partition coefficient (Wildman–Crippen LogP) is 2.97. The number of carbonyl (C=O) groups excluding carboxylic acids is 1. The van der Waals surface area contributed by atoms with E-state index in [4.69, 9.17) is 9.47 Å². The number of anilines is 1. The van der Waals surface area contributed by atoms with E-state index in [-0.39, 0.29) is 22.8 Å². The number of halogens is 1. The van der Waals surface area contributed by atoms with Crippen molar-refractivity contribution in [1.82, 2.24) is 5.32 Å². The molecule has 0 fully saturated rings. The average molecular weight is 495 g/mol. The third-order valence-corrected chi connectivity index (χ3v) is 6.40. The van der Waals surface area contributed by atoms with Gasteiger partial charge in [0.1, 0.15) is 12.4 Å². The predicted molar refractivity (Wildman–Crippen MR) is 119 cm³/mol. The third kappa shape index (κ3) is 5.53. The van der Waals surface area contributed by atoms with Crippen LogP contribution in [0.2, 0.25) is 0 Å². The van der Waals surface area contributed by atoms with Crippen molar-refractivity contribution in [3.05, 3.63) is 52.0 Å². The van der Waals surface area contributed by atoms with E-state index < -0.39 is 16.0 Å². The summed E-state index contributed by atoms with van der Waals surface area (Å²) in [6.07, 6.45) is 0. The lowest BCUT2D eigenvalue weighted by atomic mass is 10.1. The summed E-state index contributed by atoms with van der Waals surface area (Å²) in [5.74, 6) is 5.60. The number of nitrogens with zero attached hydrogens (tertiary/aromatic N) is 1. The SMILES string of the molecule is CNCC#CCOc1ccc(S(=O)(=O)N(C)c2c(C)cc(Br)cc2C(=O)OC)cc1. The van der Waals surface area contributed by atoms with Crippen LogP contribution in [0.4, 0.5) is 5.69 Å². The number of aryl methyl sites for hydroxylation is 1. The molecule has 0 spiro atoms. The lowest BCUT2D eigenvalue weighted by molar-refractivity contribution is 0.0601. The van der Waals surface area contributed by atoms with Crippen LogP contribution >= 0.6 is 15.9 Å². The van der Waals surface area contributed by atoms with Crippen LogP contribution in [0.3, 0.4) is 0 Å². The van der Waals surface area contributed by atoms with Gasteiger partial charge in [-0.15, -0.1) is 0 Å². The van der Waals surface area contributed by atoms with E-state index >= 15 is 0 Å². The molecule has 2 aromatic rings. The van der Waals surface area contributed by atoms with Gasteiger partial charge in [-0.05, 0) is 55.9 Å². The highest BCUT2D eigenvalue weighted by Crippen LogP contribution is 2.32. The number of hydrogen-bond donors (Lipinski definition) is 1. The number of methoxy groups -OCH3 is 1. The number of ether oxygens (including phenoxy) is 2. The molecule has 0 amide bonds. The molecule has 0 heterocycles. The number of hydrogen-bond acceptors (Lipinski definition) is 6. The second-order valence-electron chi connectivity index (χ2n) is 6.23. The number of carbonyl (C=O) groups is 1. The number of nitrogens with one attached hydrogen (secondary N) is 1. The molecule has 2 aromatic carbocycles. The largest absolute Gasteiger partial charge is 0.481 e. The molecule has 9 heteroatoms. The van der Waals surface area contributed by atoms with Gasteiger partial charge in [0, 0.05) is 11.5 Å². The first kappa shape index (κ1) is 23.7. The van der Waals surface area contributed by atoms with E-state index in [0.29, 0.717) is 22.3 Å². The summed E-state index contributed by atoms with van der Waals surface area (Å²) in [5.41, 5.74) is 1.01. The molecule has 0 saturated carbocycles. The average Bonchev–Trinajstić information content (AvgIpc) is 2.72. The Hall–Kier alpha value is -2.54. The summed E-state index contributed by atoms with van der Waals surface area (Å²) in [5, 5.41) is 2.90. The molecule has 0 aromatic heterocycles. The van der Waals surface area contributed by atoms with Crippen molar-refractivity contribution in [2.24, 2.45) is 0 Å². The van der Waals surface area contributed by atoms with Gasteiger partial charge in [0.2, 0.25) is 0 Å². The molecular weight excluding hydrogens is 472 g/mol. The zero-order valence-electron chi connectivity index (χ0n) is 17.2. The normalized spacial score (nSPS) is 10.7. The minimum Gasteiger partial charge on any atom is -0.481 e. The van der Waals surface area contributed by atoms with Crippen molar-refractivity contribution in [2.75, 3.05) is 38.7 Å². The molecule has 0 radical (unpaired) electrons. The Morgan fingerprint density at radius 1 is 1.20 bits per heavy atom. The lowest BCUT2D eigenvalue weighted by Crippen LogP contribution is -2.29. The third-order valence-electron chi connectivity index (χ3n) is 4.17. The molecule has 2 rings (SSSR count). The van der Waals surface area contributed by atoms with Gasteiger partial charge in [0.05, 0.1) is 29.8 Å². The standard InChI is InChI=1S/C21H23BrN2O5S/c1-15-13-16(22)14-19(21(25)28-4)20(15)24(3)30(26,27)18-9-7-17(8-10-18)29-12-6-5-11-23-2/h7-10,13-14,23H,11-12H2,1-4H3. The van der Waals surface area contributed by atoms with E-state index in [9.17, 15) is 13.2 Å². The minimum atomic E-state index is -3.92. The maximum atomic E-state index is 13.2. The molecular formula is C21H23BrN2O5S. The number of rotatable bonds is 7. The summed E-state index contributed by atoms with van der Waals surface area (Å²) < 4.78 is 38.4. The number of sulfonamides is 1. The first-order valence-corrected chi connectivity index (χ1v) is 11.2. The molecule has 0 aliphatic heterocycles. The zero-order chi connectivity index (χ0) is 22.3. The van der Waals surface area contributed by atoms with E-state index in [0.717, 1.165) is 4.31 Å². The molecule has 1 N–H and O–H groups in total. The van der Waals surface area contributed by atoms with Gasteiger partial charge in [0.15, 0.2) is 0 Å². The highest BCUT2D eigenvalue weighted by atomic mass is 79.9. The molecule has 30 heavy (non-hydrogen) atoms. The van der Waals surface area contributed by atoms with Crippen LogP contribution in [0.5, 0.6) is 5.75 Å². The molecule has 0 saturated heterocycles. The molecule has 0 aliphatic rings. The Balaban J connectivity index is 2.32. The Morgan fingerprint density at radius 3 is 2.47 bits per heavy atom. The van der Waals surface area contributed by atoms with Gasteiger partial charge in [-0.2, -0.15) is 0 Å².